The van der Waals surface area contributed by atoms with Crippen LogP contribution in [0.25, 0.3) is 0 Å². The van der Waals surface area contributed by atoms with Crippen LogP contribution in [0.2, 0.25) is 0 Å². The molecular formula is C11H15IN4. The number of nitrogens with zero attached hydrogens (tertiary/aromatic N) is 3. The molecule has 3 fully saturated rings. The molecule has 3 aliphatic rings. The van der Waals surface area contributed by atoms with Crippen molar-refractivity contribution < 1.29 is 0 Å². The van der Waals surface area contributed by atoms with Gasteiger partial charge in [-0.05, 0) is 54.4 Å². The maximum Gasteiger partial charge on any atom is 0.143 e. The first-order chi connectivity index (χ1) is 7.83. The fraction of sp³-hybridized carbons (Fsp3) is 0.636. The Kier molecular flexibility index (Phi) is 2.97. The number of piperidine rings is 3. The first-order valence-electron chi connectivity index (χ1n) is 5.77. The molecule has 16 heavy (non-hydrogen) atoms. The monoisotopic (exact) mass is 330 g/mol. The zero-order valence-electron chi connectivity index (χ0n) is 9.06. The Hall–Kier alpha value is -0.430. The van der Waals surface area contributed by atoms with Crippen LogP contribution in [-0.2, 0) is 0 Å². The summed E-state index contributed by atoms with van der Waals surface area (Å²) in [6, 6.07) is 0.575. The van der Waals surface area contributed by atoms with E-state index in [1.807, 2.05) is 6.20 Å². The largest absolute Gasteiger partial charge is 0.365 e. The van der Waals surface area contributed by atoms with Gasteiger partial charge in [0.1, 0.15) is 12.1 Å². The molecule has 0 aliphatic carbocycles. The molecule has 1 aromatic rings. The standard InChI is InChI=1S/C11H15IN4/c12-9-5-13-7-14-11(9)15-10-6-16-3-1-8(10)2-4-16/h5,7-8,10H,1-4,6H2,(H,13,14,15). The first kappa shape index (κ1) is 10.7. The van der Waals surface area contributed by atoms with Gasteiger partial charge in [0.2, 0.25) is 0 Å². The maximum absolute atomic E-state index is 4.31. The number of fused-ring (bicyclic) bond motifs is 3. The van der Waals surface area contributed by atoms with Gasteiger partial charge < -0.3 is 10.2 Å². The van der Waals surface area contributed by atoms with Crippen LogP contribution in [0.15, 0.2) is 12.5 Å². The number of aromatic nitrogens is 2. The van der Waals surface area contributed by atoms with Crippen molar-refractivity contribution in [3.63, 3.8) is 0 Å². The van der Waals surface area contributed by atoms with Crippen molar-refractivity contribution >= 4 is 28.4 Å². The highest BCUT2D eigenvalue weighted by Crippen LogP contribution is 2.29. The second-order valence-corrected chi connectivity index (χ2v) is 5.77. The van der Waals surface area contributed by atoms with E-state index in [0.717, 1.165) is 15.3 Å². The molecule has 0 saturated carbocycles. The molecule has 0 radical (unpaired) electrons. The number of nitrogens with one attached hydrogen (secondary N) is 1. The Morgan fingerprint density at radius 1 is 1.38 bits per heavy atom. The van der Waals surface area contributed by atoms with Crippen LogP contribution in [0.3, 0.4) is 0 Å². The smallest absolute Gasteiger partial charge is 0.143 e. The molecule has 4 rings (SSSR count). The molecule has 2 bridgehead atoms. The molecule has 1 unspecified atom stereocenters. The lowest BCUT2D eigenvalue weighted by atomic mass is 9.84. The van der Waals surface area contributed by atoms with Crippen molar-refractivity contribution in [2.45, 2.75) is 18.9 Å². The van der Waals surface area contributed by atoms with E-state index >= 15 is 0 Å². The van der Waals surface area contributed by atoms with Crippen molar-refractivity contribution in [1.82, 2.24) is 14.9 Å². The van der Waals surface area contributed by atoms with Gasteiger partial charge >= 0.3 is 0 Å². The lowest BCUT2D eigenvalue weighted by molar-refractivity contribution is 0.0973. The normalized spacial score (nSPS) is 32.7. The molecule has 0 spiro atoms. The Labute approximate surface area is 109 Å². The van der Waals surface area contributed by atoms with E-state index in [1.54, 1.807) is 6.33 Å². The molecular weight excluding hydrogens is 315 g/mol. The van der Waals surface area contributed by atoms with Crippen molar-refractivity contribution in [2.75, 3.05) is 25.0 Å². The van der Waals surface area contributed by atoms with Crippen LogP contribution in [0.5, 0.6) is 0 Å². The van der Waals surface area contributed by atoms with E-state index in [9.17, 15) is 0 Å². The minimum Gasteiger partial charge on any atom is -0.365 e. The minimum atomic E-state index is 0.575. The summed E-state index contributed by atoms with van der Waals surface area (Å²) in [6.45, 7) is 3.73. The highest BCUT2D eigenvalue weighted by atomic mass is 127. The van der Waals surface area contributed by atoms with Crippen LogP contribution in [-0.4, -0.2) is 40.5 Å². The van der Waals surface area contributed by atoms with Gasteiger partial charge in [-0.3, -0.25) is 0 Å². The lowest BCUT2D eigenvalue weighted by Crippen LogP contribution is -2.53. The maximum atomic E-state index is 4.31. The minimum absolute atomic E-state index is 0.575. The van der Waals surface area contributed by atoms with Gasteiger partial charge in [-0.25, -0.2) is 9.97 Å². The summed E-state index contributed by atoms with van der Waals surface area (Å²) in [5.74, 6) is 1.82. The summed E-state index contributed by atoms with van der Waals surface area (Å²) in [7, 11) is 0. The van der Waals surface area contributed by atoms with Crippen molar-refractivity contribution in [3.05, 3.63) is 16.1 Å². The molecule has 4 nitrogen and oxygen atoms in total. The second kappa shape index (κ2) is 4.44. The summed E-state index contributed by atoms with van der Waals surface area (Å²) >= 11 is 2.29. The molecule has 0 amide bonds. The molecule has 3 aliphatic heterocycles. The Bertz CT molecular complexity index is 376. The zero-order valence-corrected chi connectivity index (χ0v) is 11.2. The molecule has 1 atom stereocenters. The van der Waals surface area contributed by atoms with Gasteiger partial charge in [0.25, 0.3) is 0 Å². The van der Waals surface area contributed by atoms with E-state index in [0.29, 0.717) is 6.04 Å². The van der Waals surface area contributed by atoms with Gasteiger partial charge in [-0.2, -0.15) is 0 Å². The molecule has 86 valence electrons. The first-order valence-corrected chi connectivity index (χ1v) is 6.85. The van der Waals surface area contributed by atoms with E-state index in [-0.39, 0.29) is 0 Å². The van der Waals surface area contributed by atoms with Crippen LogP contribution < -0.4 is 5.32 Å². The van der Waals surface area contributed by atoms with Crippen LogP contribution in [0.1, 0.15) is 12.8 Å². The topological polar surface area (TPSA) is 41.1 Å². The quantitative estimate of drug-likeness (QED) is 0.836. The van der Waals surface area contributed by atoms with Gasteiger partial charge in [0.05, 0.1) is 3.57 Å². The summed E-state index contributed by atoms with van der Waals surface area (Å²) < 4.78 is 1.11. The third kappa shape index (κ3) is 2.02. The number of rotatable bonds is 2. The Morgan fingerprint density at radius 3 is 2.81 bits per heavy atom. The molecule has 4 heterocycles. The SMILES string of the molecule is Ic1cncnc1NC1CN2CCC1CC2. The highest BCUT2D eigenvalue weighted by molar-refractivity contribution is 14.1. The molecule has 3 saturated heterocycles. The number of anilines is 1. The summed E-state index contributed by atoms with van der Waals surface area (Å²) in [4.78, 5) is 10.9. The van der Waals surface area contributed by atoms with E-state index in [4.69, 9.17) is 0 Å². The average Bonchev–Trinajstić information content (AvgIpc) is 2.34. The predicted octanol–water partition coefficient (Wildman–Crippen LogP) is 1.59. The average molecular weight is 330 g/mol. The van der Waals surface area contributed by atoms with Gasteiger partial charge in [-0.15, -0.1) is 0 Å². The summed E-state index contributed by atoms with van der Waals surface area (Å²) in [6.07, 6.45) is 6.14. The molecule has 1 N–H and O–H groups in total. The van der Waals surface area contributed by atoms with Gasteiger partial charge in [0, 0.05) is 18.8 Å². The third-order valence-corrected chi connectivity index (χ3v) is 4.44. The molecule has 0 aromatic carbocycles. The summed E-state index contributed by atoms with van der Waals surface area (Å²) in [5, 5.41) is 3.58. The molecule has 1 aromatic heterocycles. The Morgan fingerprint density at radius 2 is 2.19 bits per heavy atom. The predicted molar refractivity (Wildman–Crippen MR) is 71.3 cm³/mol. The highest BCUT2D eigenvalue weighted by Gasteiger charge is 2.34. The van der Waals surface area contributed by atoms with E-state index in [2.05, 4.69) is 42.8 Å². The van der Waals surface area contributed by atoms with Gasteiger partial charge in [-0.1, -0.05) is 0 Å². The van der Waals surface area contributed by atoms with Crippen LogP contribution in [0.4, 0.5) is 5.82 Å². The molecule has 5 heteroatoms. The second-order valence-electron chi connectivity index (χ2n) is 4.61. The van der Waals surface area contributed by atoms with Crippen LogP contribution >= 0.6 is 22.6 Å². The number of hydrogen-bond acceptors (Lipinski definition) is 4. The van der Waals surface area contributed by atoms with Crippen molar-refractivity contribution in [2.24, 2.45) is 5.92 Å². The van der Waals surface area contributed by atoms with Gasteiger partial charge in [0.15, 0.2) is 0 Å². The lowest BCUT2D eigenvalue weighted by Gasteiger charge is -2.45. The van der Waals surface area contributed by atoms with E-state index < -0.39 is 0 Å². The zero-order chi connectivity index (χ0) is 11.0. The fourth-order valence-electron chi connectivity index (χ4n) is 2.72. The van der Waals surface area contributed by atoms with Crippen LogP contribution in [0, 0.1) is 9.49 Å². The Balaban J connectivity index is 1.73. The number of hydrogen-bond donors (Lipinski definition) is 1. The summed E-state index contributed by atoms with van der Waals surface area (Å²) in [5.41, 5.74) is 0. The number of halogens is 1. The van der Waals surface area contributed by atoms with E-state index in [1.165, 1.54) is 32.5 Å². The van der Waals surface area contributed by atoms with Crippen molar-refractivity contribution in [3.8, 4) is 0 Å². The fourth-order valence-corrected chi connectivity index (χ4v) is 3.18. The third-order valence-electron chi connectivity index (χ3n) is 3.65. The van der Waals surface area contributed by atoms with Crippen molar-refractivity contribution in [1.29, 1.82) is 0 Å².